The molecule has 0 aliphatic heterocycles. The zero-order valence-electron chi connectivity index (χ0n) is 11.2. The molecule has 0 saturated carbocycles. The van der Waals surface area contributed by atoms with E-state index in [9.17, 15) is 14.4 Å². The Morgan fingerprint density at radius 1 is 1.11 bits per heavy atom. The lowest BCUT2D eigenvalue weighted by Crippen LogP contribution is -2.56. The van der Waals surface area contributed by atoms with Crippen LogP contribution in [0.25, 0.3) is 0 Å². The lowest BCUT2D eigenvalue weighted by Gasteiger charge is -2.24. The van der Waals surface area contributed by atoms with Crippen LogP contribution in [-0.4, -0.2) is 52.7 Å². The Kier molecular flexibility index (Phi) is 7.02. The molecule has 6 N–H and O–H groups in total. The van der Waals surface area contributed by atoms with Gasteiger partial charge in [0, 0.05) is 0 Å². The molecule has 3 unspecified atom stereocenters. The quantitative estimate of drug-likeness (QED) is 0.365. The predicted molar refractivity (Wildman–Crippen MR) is 67.1 cm³/mol. The van der Waals surface area contributed by atoms with Crippen LogP contribution < -0.4 is 16.4 Å². The molecule has 0 bridgehead atoms. The number of nitrogens with one attached hydrogen (secondary N) is 2. The molecule has 0 rings (SSSR count). The maximum Gasteiger partial charge on any atom is 0.328 e. The molecule has 0 aromatic heterocycles. The first-order valence-electron chi connectivity index (χ1n) is 5.90. The van der Waals surface area contributed by atoms with Gasteiger partial charge < -0.3 is 26.6 Å². The molecule has 0 aliphatic rings. The molecule has 0 aromatic carbocycles. The first-order valence-corrected chi connectivity index (χ1v) is 5.90. The maximum absolute atomic E-state index is 11.9. The number of aliphatic hydroxyl groups is 1. The molecule has 0 heterocycles. The van der Waals surface area contributed by atoms with E-state index >= 15 is 0 Å². The fraction of sp³-hybridized carbons (Fsp3) is 0.727. The minimum absolute atomic E-state index is 0.254. The summed E-state index contributed by atoms with van der Waals surface area (Å²) < 4.78 is 0. The van der Waals surface area contributed by atoms with Crippen LogP contribution in [0.3, 0.4) is 0 Å². The molecule has 8 heteroatoms. The number of hydrogen-bond acceptors (Lipinski definition) is 5. The molecular weight excluding hydrogens is 254 g/mol. The summed E-state index contributed by atoms with van der Waals surface area (Å²) in [6.07, 6.45) is 0. The number of carbonyl (C=O) groups is 3. The van der Waals surface area contributed by atoms with E-state index in [0.29, 0.717) is 0 Å². The summed E-state index contributed by atoms with van der Waals surface area (Å²) in [5.74, 6) is -2.79. The number of carbonyl (C=O) groups excluding carboxylic acids is 2. The first-order chi connectivity index (χ1) is 8.70. The second-order valence-corrected chi connectivity index (χ2v) is 4.60. The third kappa shape index (κ3) is 5.66. The smallest absolute Gasteiger partial charge is 0.328 e. The van der Waals surface area contributed by atoms with Crippen molar-refractivity contribution in [3.05, 3.63) is 0 Å². The zero-order chi connectivity index (χ0) is 15.2. The van der Waals surface area contributed by atoms with E-state index in [0.717, 1.165) is 0 Å². The van der Waals surface area contributed by atoms with Gasteiger partial charge in [-0.2, -0.15) is 0 Å². The van der Waals surface area contributed by atoms with E-state index in [1.54, 1.807) is 13.8 Å². The van der Waals surface area contributed by atoms with Gasteiger partial charge in [-0.25, -0.2) is 4.79 Å². The van der Waals surface area contributed by atoms with Crippen molar-refractivity contribution in [2.75, 3.05) is 6.61 Å². The van der Waals surface area contributed by atoms with Crippen LogP contribution in [0.15, 0.2) is 0 Å². The Morgan fingerprint density at radius 3 is 1.95 bits per heavy atom. The molecule has 0 aliphatic carbocycles. The fourth-order valence-corrected chi connectivity index (χ4v) is 1.27. The van der Waals surface area contributed by atoms with Crippen LogP contribution >= 0.6 is 0 Å². The van der Waals surface area contributed by atoms with Crippen molar-refractivity contribution in [2.24, 2.45) is 11.7 Å². The molecule has 8 nitrogen and oxygen atoms in total. The van der Waals surface area contributed by atoms with Gasteiger partial charge in [0.15, 0.2) is 0 Å². The third-order valence-corrected chi connectivity index (χ3v) is 2.46. The average Bonchev–Trinajstić information content (AvgIpc) is 2.31. The fourth-order valence-electron chi connectivity index (χ4n) is 1.27. The number of hydrogen-bond donors (Lipinski definition) is 5. The highest BCUT2D eigenvalue weighted by Crippen LogP contribution is 2.03. The number of aliphatic hydroxyl groups excluding tert-OH is 1. The summed E-state index contributed by atoms with van der Waals surface area (Å²) in [5, 5.41) is 22.1. The summed E-state index contributed by atoms with van der Waals surface area (Å²) in [4.78, 5) is 34.1. The van der Waals surface area contributed by atoms with Gasteiger partial charge in [-0.3, -0.25) is 9.59 Å². The predicted octanol–water partition coefficient (Wildman–Crippen LogP) is -1.96. The molecule has 0 saturated heterocycles. The molecular formula is C11H21N3O5. The van der Waals surface area contributed by atoms with Crippen LogP contribution in [0.1, 0.15) is 20.8 Å². The van der Waals surface area contributed by atoms with Gasteiger partial charge in [-0.05, 0) is 12.8 Å². The van der Waals surface area contributed by atoms with Crippen LogP contribution in [-0.2, 0) is 14.4 Å². The topological polar surface area (TPSA) is 142 Å². The molecule has 110 valence electrons. The van der Waals surface area contributed by atoms with Gasteiger partial charge in [0.2, 0.25) is 11.8 Å². The molecule has 3 atom stereocenters. The zero-order valence-corrected chi connectivity index (χ0v) is 11.2. The molecule has 0 spiro atoms. The monoisotopic (exact) mass is 275 g/mol. The number of amides is 2. The maximum atomic E-state index is 11.9. The van der Waals surface area contributed by atoms with Gasteiger partial charge in [0.25, 0.3) is 0 Å². The van der Waals surface area contributed by atoms with Gasteiger partial charge in [-0.15, -0.1) is 0 Å². The van der Waals surface area contributed by atoms with E-state index < -0.39 is 42.5 Å². The highest BCUT2D eigenvalue weighted by atomic mass is 16.4. The first kappa shape index (κ1) is 17.3. The second-order valence-electron chi connectivity index (χ2n) is 4.60. The van der Waals surface area contributed by atoms with Crippen molar-refractivity contribution in [2.45, 2.75) is 38.9 Å². The van der Waals surface area contributed by atoms with Gasteiger partial charge >= 0.3 is 5.97 Å². The van der Waals surface area contributed by atoms with Crippen LogP contribution in [0.2, 0.25) is 0 Å². The summed E-state index contributed by atoms with van der Waals surface area (Å²) in [6, 6.07) is -3.09. The van der Waals surface area contributed by atoms with Crippen molar-refractivity contribution in [1.29, 1.82) is 0 Å². The highest BCUT2D eigenvalue weighted by molar-refractivity contribution is 5.91. The molecule has 0 fully saturated rings. The Labute approximate surface area is 111 Å². The summed E-state index contributed by atoms with van der Waals surface area (Å²) in [7, 11) is 0. The van der Waals surface area contributed by atoms with Crippen LogP contribution in [0, 0.1) is 5.92 Å². The third-order valence-electron chi connectivity index (χ3n) is 2.46. The van der Waals surface area contributed by atoms with E-state index in [1.807, 2.05) is 0 Å². The van der Waals surface area contributed by atoms with E-state index in [1.165, 1.54) is 6.92 Å². The number of carboxylic acid groups (broad SMARTS) is 1. The van der Waals surface area contributed by atoms with E-state index in [4.69, 9.17) is 15.9 Å². The van der Waals surface area contributed by atoms with Crippen molar-refractivity contribution in [3.63, 3.8) is 0 Å². The Morgan fingerprint density at radius 2 is 1.63 bits per heavy atom. The van der Waals surface area contributed by atoms with Gasteiger partial charge in [0.05, 0.1) is 12.6 Å². The molecule has 0 radical (unpaired) electrons. The lowest BCUT2D eigenvalue weighted by atomic mass is 10.0. The largest absolute Gasteiger partial charge is 0.480 e. The SMILES string of the molecule is CC(N)C(=O)NC(C(=O)NC(CO)C(=O)O)C(C)C. The number of carboxylic acids is 1. The van der Waals surface area contributed by atoms with Crippen molar-refractivity contribution in [3.8, 4) is 0 Å². The van der Waals surface area contributed by atoms with Crippen LogP contribution in [0.5, 0.6) is 0 Å². The summed E-state index contributed by atoms with van der Waals surface area (Å²) >= 11 is 0. The van der Waals surface area contributed by atoms with Crippen molar-refractivity contribution < 1.29 is 24.6 Å². The molecule has 0 aromatic rings. The van der Waals surface area contributed by atoms with Crippen molar-refractivity contribution >= 4 is 17.8 Å². The number of rotatable bonds is 7. The standard InChI is InChI=1S/C11H21N3O5/c1-5(2)8(14-9(16)6(3)12)10(17)13-7(4-15)11(18)19/h5-8,15H,4,12H2,1-3H3,(H,13,17)(H,14,16)(H,18,19). The average molecular weight is 275 g/mol. The van der Waals surface area contributed by atoms with Crippen LogP contribution in [0.4, 0.5) is 0 Å². The Hall–Kier alpha value is -1.67. The van der Waals surface area contributed by atoms with Gasteiger partial charge in [0.1, 0.15) is 12.1 Å². The van der Waals surface area contributed by atoms with E-state index in [2.05, 4.69) is 10.6 Å². The Balaban J connectivity index is 4.75. The lowest BCUT2D eigenvalue weighted by molar-refractivity contribution is -0.143. The Bertz CT molecular complexity index is 343. The molecule has 19 heavy (non-hydrogen) atoms. The van der Waals surface area contributed by atoms with Gasteiger partial charge in [-0.1, -0.05) is 13.8 Å². The summed E-state index contributed by atoms with van der Waals surface area (Å²) in [6.45, 7) is 4.13. The number of nitrogens with two attached hydrogens (primary N) is 1. The highest BCUT2D eigenvalue weighted by Gasteiger charge is 2.28. The normalized spacial score (nSPS) is 15.5. The minimum atomic E-state index is -1.40. The molecule has 2 amide bonds. The van der Waals surface area contributed by atoms with Crippen molar-refractivity contribution in [1.82, 2.24) is 10.6 Å². The van der Waals surface area contributed by atoms with E-state index in [-0.39, 0.29) is 5.92 Å². The summed E-state index contributed by atoms with van der Waals surface area (Å²) in [5.41, 5.74) is 5.38. The second kappa shape index (κ2) is 7.70. The number of aliphatic carboxylic acids is 1. The minimum Gasteiger partial charge on any atom is -0.480 e.